The third kappa shape index (κ3) is 2.92. The van der Waals surface area contributed by atoms with E-state index in [-0.39, 0.29) is 22.5 Å². The van der Waals surface area contributed by atoms with Crippen LogP contribution < -0.4 is 10.9 Å². The number of fused-ring (bicyclic) bond motifs is 3. The molecule has 1 atom stereocenters. The van der Waals surface area contributed by atoms with E-state index in [1.807, 2.05) is 0 Å². The first-order chi connectivity index (χ1) is 12.9. The Morgan fingerprint density at radius 1 is 1.15 bits per heavy atom. The molecule has 0 bridgehead atoms. The number of nitrogens with zero attached hydrogens (tertiary/aromatic N) is 3. The zero-order valence-electron chi connectivity index (χ0n) is 14.0. The van der Waals surface area contributed by atoms with Crippen molar-refractivity contribution in [3.63, 3.8) is 0 Å². The molecule has 0 aliphatic heterocycles. The van der Waals surface area contributed by atoms with E-state index in [1.165, 1.54) is 28.8 Å². The van der Waals surface area contributed by atoms with Gasteiger partial charge in [0, 0.05) is 0 Å². The molecule has 4 rings (SSSR count). The monoisotopic (exact) mass is 369 g/mol. The Kier molecular flexibility index (Phi) is 3.91. The molecule has 0 saturated heterocycles. The molecule has 0 aliphatic carbocycles. The highest BCUT2D eigenvalue weighted by atomic mass is 19.1. The van der Waals surface area contributed by atoms with Gasteiger partial charge in [0.25, 0.3) is 11.5 Å². The van der Waals surface area contributed by atoms with Crippen LogP contribution in [0.2, 0.25) is 0 Å². The average Bonchev–Trinajstić information content (AvgIpc) is 3.08. The van der Waals surface area contributed by atoms with E-state index >= 15 is 0 Å². The summed E-state index contributed by atoms with van der Waals surface area (Å²) < 4.78 is 27.6. The summed E-state index contributed by atoms with van der Waals surface area (Å²) in [5, 5.41) is 10.4. The normalized spacial score (nSPS) is 12.4. The SMILES string of the molecule is C[C@H](NC(=O)c1nnn2c1c(=O)[nH]c1cc(F)ccc12)c1ccc(F)cc1. The zero-order chi connectivity index (χ0) is 19.1. The largest absolute Gasteiger partial charge is 0.344 e. The Hall–Kier alpha value is -3.62. The Morgan fingerprint density at radius 3 is 2.59 bits per heavy atom. The maximum absolute atomic E-state index is 13.4. The summed E-state index contributed by atoms with van der Waals surface area (Å²) in [6.07, 6.45) is 0. The third-order valence-corrected chi connectivity index (χ3v) is 4.25. The van der Waals surface area contributed by atoms with Crippen LogP contribution in [-0.2, 0) is 0 Å². The molecule has 0 unspecified atom stereocenters. The van der Waals surface area contributed by atoms with E-state index in [0.29, 0.717) is 11.1 Å². The van der Waals surface area contributed by atoms with Crippen LogP contribution in [0.3, 0.4) is 0 Å². The highest BCUT2D eigenvalue weighted by Gasteiger charge is 2.21. The Bertz CT molecular complexity index is 1230. The van der Waals surface area contributed by atoms with Crippen molar-refractivity contribution in [2.24, 2.45) is 0 Å². The lowest BCUT2D eigenvalue weighted by atomic mass is 10.1. The molecule has 0 radical (unpaired) electrons. The number of halogens is 2. The maximum atomic E-state index is 13.4. The van der Waals surface area contributed by atoms with E-state index in [2.05, 4.69) is 20.6 Å². The van der Waals surface area contributed by atoms with Crippen LogP contribution in [0.15, 0.2) is 47.3 Å². The molecular weight excluding hydrogens is 356 g/mol. The topological polar surface area (TPSA) is 92.2 Å². The Balaban J connectivity index is 1.73. The quantitative estimate of drug-likeness (QED) is 0.580. The van der Waals surface area contributed by atoms with E-state index in [0.717, 1.165) is 6.07 Å². The minimum atomic E-state index is -0.613. The van der Waals surface area contributed by atoms with Crippen LogP contribution in [0.25, 0.3) is 16.6 Å². The van der Waals surface area contributed by atoms with Gasteiger partial charge in [0.05, 0.1) is 17.1 Å². The molecule has 2 N–H and O–H groups in total. The number of carbonyl (C=O) groups excluding carboxylic acids is 1. The van der Waals surface area contributed by atoms with Crippen molar-refractivity contribution >= 4 is 22.5 Å². The van der Waals surface area contributed by atoms with Crippen LogP contribution >= 0.6 is 0 Å². The summed E-state index contributed by atoms with van der Waals surface area (Å²) in [6, 6.07) is 9.07. The van der Waals surface area contributed by atoms with Gasteiger partial charge in [0.15, 0.2) is 11.2 Å². The highest BCUT2D eigenvalue weighted by molar-refractivity contribution is 5.99. The van der Waals surface area contributed by atoms with Gasteiger partial charge in [0.2, 0.25) is 0 Å². The summed E-state index contributed by atoms with van der Waals surface area (Å²) in [7, 11) is 0. The van der Waals surface area contributed by atoms with Gasteiger partial charge in [-0.15, -0.1) is 5.10 Å². The van der Waals surface area contributed by atoms with Crippen molar-refractivity contribution in [3.05, 3.63) is 75.7 Å². The summed E-state index contributed by atoms with van der Waals surface area (Å²) in [4.78, 5) is 27.5. The first kappa shape index (κ1) is 16.8. The molecule has 1 amide bonds. The van der Waals surface area contributed by atoms with Gasteiger partial charge in [-0.25, -0.2) is 13.3 Å². The minimum absolute atomic E-state index is 0.0436. The van der Waals surface area contributed by atoms with Crippen molar-refractivity contribution in [1.82, 2.24) is 25.1 Å². The number of H-pyrrole nitrogens is 1. The van der Waals surface area contributed by atoms with Crippen LogP contribution in [0.5, 0.6) is 0 Å². The fourth-order valence-corrected chi connectivity index (χ4v) is 2.88. The predicted octanol–water partition coefficient (Wildman–Crippen LogP) is 2.34. The average molecular weight is 369 g/mol. The van der Waals surface area contributed by atoms with Crippen molar-refractivity contribution in [1.29, 1.82) is 0 Å². The lowest BCUT2D eigenvalue weighted by Crippen LogP contribution is -2.28. The number of rotatable bonds is 3. The molecule has 9 heteroatoms. The third-order valence-electron chi connectivity index (χ3n) is 4.25. The summed E-state index contributed by atoms with van der Waals surface area (Å²) in [5.74, 6) is -1.49. The number of hydrogen-bond donors (Lipinski definition) is 2. The maximum Gasteiger partial charge on any atom is 0.277 e. The summed E-state index contributed by atoms with van der Waals surface area (Å²) in [5.41, 5.74) is 0.524. The Morgan fingerprint density at radius 2 is 1.85 bits per heavy atom. The zero-order valence-corrected chi connectivity index (χ0v) is 14.0. The van der Waals surface area contributed by atoms with Gasteiger partial charge >= 0.3 is 0 Å². The van der Waals surface area contributed by atoms with Gasteiger partial charge in [-0.2, -0.15) is 0 Å². The van der Waals surface area contributed by atoms with Crippen LogP contribution in [0, 0.1) is 11.6 Å². The fraction of sp³-hybridized carbons (Fsp3) is 0.111. The van der Waals surface area contributed by atoms with Gasteiger partial charge in [-0.1, -0.05) is 17.3 Å². The van der Waals surface area contributed by atoms with E-state index < -0.39 is 23.3 Å². The number of aromatic amines is 1. The van der Waals surface area contributed by atoms with Gasteiger partial charge in [-0.3, -0.25) is 9.59 Å². The molecule has 2 aromatic carbocycles. The molecule has 27 heavy (non-hydrogen) atoms. The molecule has 0 saturated carbocycles. The number of nitrogens with one attached hydrogen (secondary N) is 2. The van der Waals surface area contributed by atoms with Crippen molar-refractivity contribution < 1.29 is 13.6 Å². The molecule has 136 valence electrons. The van der Waals surface area contributed by atoms with Crippen molar-refractivity contribution in [3.8, 4) is 0 Å². The number of aromatic nitrogens is 4. The molecule has 0 aliphatic rings. The predicted molar refractivity (Wildman–Crippen MR) is 93.4 cm³/mol. The fourth-order valence-electron chi connectivity index (χ4n) is 2.88. The summed E-state index contributed by atoms with van der Waals surface area (Å²) >= 11 is 0. The van der Waals surface area contributed by atoms with Gasteiger partial charge in [-0.05, 0) is 42.8 Å². The van der Waals surface area contributed by atoms with Crippen LogP contribution in [-0.4, -0.2) is 25.7 Å². The second-order valence-corrected chi connectivity index (χ2v) is 6.06. The standard InChI is InChI=1S/C18H13F2N5O2/c1-9(10-2-4-11(19)5-3-10)21-17(26)15-16-18(27)22-13-8-12(20)6-7-14(13)25(16)24-23-15/h2-9H,1H3,(H,21,26)(H,22,27)/t9-/m0/s1. The molecule has 4 aromatic rings. The van der Waals surface area contributed by atoms with Crippen LogP contribution in [0.1, 0.15) is 29.0 Å². The lowest BCUT2D eigenvalue weighted by Gasteiger charge is -2.13. The first-order valence-electron chi connectivity index (χ1n) is 8.07. The highest BCUT2D eigenvalue weighted by Crippen LogP contribution is 2.16. The Labute approximate surface area is 150 Å². The molecule has 2 heterocycles. The number of hydrogen-bond acceptors (Lipinski definition) is 4. The molecular formula is C18H13F2N5O2. The van der Waals surface area contributed by atoms with Crippen molar-refractivity contribution in [2.45, 2.75) is 13.0 Å². The smallest absolute Gasteiger partial charge is 0.277 e. The van der Waals surface area contributed by atoms with Crippen molar-refractivity contribution in [2.75, 3.05) is 0 Å². The number of carbonyl (C=O) groups is 1. The first-order valence-corrected chi connectivity index (χ1v) is 8.07. The molecule has 2 aromatic heterocycles. The molecule has 0 fully saturated rings. The van der Waals surface area contributed by atoms with Gasteiger partial charge in [0.1, 0.15) is 11.6 Å². The second kappa shape index (κ2) is 6.27. The number of benzene rings is 2. The second-order valence-electron chi connectivity index (χ2n) is 6.06. The van der Waals surface area contributed by atoms with Crippen LogP contribution in [0.4, 0.5) is 8.78 Å². The van der Waals surface area contributed by atoms with E-state index in [1.54, 1.807) is 19.1 Å². The minimum Gasteiger partial charge on any atom is -0.344 e. The molecule has 7 nitrogen and oxygen atoms in total. The van der Waals surface area contributed by atoms with Gasteiger partial charge < -0.3 is 10.3 Å². The summed E-state index contributed by atoms with van der Waals surface area (Å²) in [6.45, 7) is 1.72. The van der Waals surface area contributed by atoms with E-state index in [4.69, 9.17) is 0 Å². The number of amides is 1. The van der Waals surface area contributed by atoms with E-state index in [9.17, 15) is 18.4 Å². The lowest BCUT2D eigenvalue weighted by molar-refractivity contribution is 0.0936. The molecule has 0 spiro atoms.